The van der Waals surface area contributed by atoms with Crippen molar-refractivity contribution in [2.45, 2.75) is 64.8 Å². The molecule has 0 bridgehead atoms. The van der Waals surface area contributed by atoms with Crippen molar-refractivity contribution in [1.29, 1.82) is 0 Å². The molecule has 0 radical (unpaired) electrons. The van der Waals surface area contributed by atoms with Crippen LogP contribution in [0.15, 0.2) is 0 Å². The summed E-state index contributed by atoms with van der Waals surface area (Å²) < 4.78 is 0. The molecule has 3 rings (SSSR count). The van der Waals surface area contributed by atoms with E-state index in [-0.39, 0.29) is 0 Å². The van der Waals surface area contributed by atoms with E-state index in [0.29, 0.717) is 0 Å². The highest BCUT2D eigenvalue weighted by Crippen LogP contribution is 2.39. The number of nitrogens with zero attached hydrogens (tertiary/aromatic N) is 1. The molecule has 2 heteroatoms. The highest BCUT2D eigenvalue weighted by Gasteiger charge is 2.38. The molecule has 0 aromatic carbocycles. The molecule has 1 saturated heterocycles. The number of likely N-dealkylation sites (tertiary alicyclic amines) is 1. The molecule has 3 aliphatic rings. The van der Waals surface area contributed by atoms with E-state index < -0.39 is 0 Å². The number of fused-ring (bicyclic) bond motifs is 1. The van der Waals surface area contributed by atoms with Gasteiger partial charge in [0.1, 0.15) is 0 Å². The van der Waals surface area contributed by atoms with E-state index in [1.54, 1.807) is 0 Å². The van der Waals surface area contributed by atoms with Crippen LogP contribution in [0.3, 0.4) is 0 Å². The van der Waals surface area contributed by atoms with Gasteiger partial charge in [0, 0.05) is 25.7 Å². The molecule has 0 aromatic heterocycles. The Bertz CT molecular complexity index is 290. The topological polar surface area (TPSA) is 15.3 Å². The molecule has 2 saturated carbocycles. The monoisotopic (exact) mass is 278 g/mol. The third-order valence-corrected chi connectivity index (χ3v) is 6.20. The first-order valence-electron chi connectivity index (χ1n) is 9.22. The Balaban J connectivity index is 1.53. The summed E-state index contributed by atoms with van der Waals surface area (Å²) in [6.45, 7) is 10.2. The zero-order valence-corrected chi connectivity index (χ0v) is 13.6. The van der Waals surface area contributed by atoms with Crippen LogP contribution in [-0.4, -0.2) is 37.1 Å². The molecule has 0 amide bonds. The summed E-state index contributed by atoms with van der Waals surface area (Å²) in [5.74, 6) is 3.96. The molecule has 20 heavy (non-hydrogen) atoms. The van der Waals surface area contributed by atoms with E-state index in [1.165, 1.54) is 71.1 Å². The number of hydrogen-bond acceptors (Lipinski definition) is 2. The summed E-state index contributed by atoms with van der Waals surface area (Å²) in [5.41, 5.74) is 0. The van der Waals surface area contributed by atoms with Gasteiger partial charge in [-0.05, 0) is 68.7 Å². The summed E-state index contributed by atoms with van der Waals surface area (Å²) in [4.78, 5) is 2.82. The van der Waals surface area contributed by atoms with Gasteiger partial charge in [-0.15, -0.1) is 0 Å². The quantitative estimate of drug-likeness (QED) is 0.828. The highest BCUT2D eigenvalue weighted by atomic mass is 15.2. The Labute approximate surface area is 125 Å². The van der Waals surface area contributed by atoms with Crippen LogP contribution in [0.25, 0.3) is 0 Å². The SMILES string of the molecule is CCCNC1CCC(C)CC1CN1CC2CCCC2C1. The fraction of sp³-hybridized carbons (Fsp3) is 1.00. The van der Waals surface area contributed by atoms with Gasteiger partial charge in [0.25, 0.3) is 0 Å². The van der Waals surface area contributed by atoms with Crippen LogP contribution in [0.5, 0.6) is 0 Å². The van der Waals surface area contributed by atoms with Crippen molar-refractivity contribution in [1.82, 2.24) is 10.2 Å². The molecular weight excluding hydrogens is 244 g/mol. The number of nitrogens with one attached hydrogen (secondary N) is 1. The van der Waals surface area contributed by atoms with E-state index >= 15 is 0 Å². The third kappa shape index (κ3) is 3.39. The number of hydrogen-bond donors (Lipinski definition) is 1. The summed E-state index contributed by atoms with van der Waals surface area (Å²) in [6.07, 6.45) is 10.1. The van der Waals surface area contributed by atoms with Gasteiger partial charge in [0.15, 0.2) is 0 Å². The zero-order valence-electron chi connectivity index (χ0n) is 13.6. The summed E-state index contributed by atoms with van der Waals surface area (Å²) >= 11 is 0. The zero-order chi connectivity index (χ0) is 13.9. The minimum atomic E-state index is 0.798. The van der Waals surface area contributed by atoms with Gasteiger partial charge >= 0.3 is 0 Å². The molecule has 3 fully saturated rings. The van der Waals surface area contributed by atoms with E-state index in [0.717, 1.165) is 29.7 Å². The fourth-order valence-corrected chi connectivity index (χ4v) is 5.11. The normalized spacial score (nSPS) is 42.0. The first-order chi connectivity index (χ1) is 9.76. The van der Waals surface area contributed by atoms with Gasteiger partial charge in [-0.3, -0.25) is 0 Å². The average Bonchev–Trinajstić information content (AvgIpc) is 2.99. The minimum Gasteiger partial charge on any atom is -0.314 e. The van der Waals surface area contributed by atoms with E-state index in [9.17, 15) is 0 Å². The molecule has 5 atom stereocenters. The van der Waals surface area contributed by atoms with Crippen LogP contribution < -0.4 is 5.32 Å². The molecule has 1 aliphatic heterocycles. The van der Waals surface area contributed by atoms with Crippen molar-refractivity contribution in [2.24, 2.45) is 23.7 Å². The molecule has 5 unspecified atom stereocenters. The molecule has 2 nitrogen and oxygen atoms in total. The molecule has 2 aliphatic carbocycles. The van der Waals surface area contributed by atoms with Gasteiger partial charge in [0.05, 0.1) is 0 Å². The van der Waals surface area contributed by atoms with Crippen LogP contribution in [0.2, 0.25) is 0 Å². The van der Waals surface area contributed by atoms with Crippen molar-refractivity contribution < 1.29 is 0 Å². The van der Waals surface area contributed by atoms with Crippen molar-refractivity contribution in [2.75, 3.05) is 26.2 Å². The average molecular weight is 278 g/mol. The molecular formula is C18H34N2. The first-order valence-corrected chi connectivity index (χ1v) is 9.22. The Morgan fingerprint density at radius 3 is 2.50 bits per heavy atom. The maximum Gasteiger partial charge on any atom is 0.0108 e. The summed E-state index contributed by atoms with van der Waals surface area (Å²) in [6, 6.07) is 0.798. The van der Waals surface area contributed by atoms with E-state index in [2.05, 4.69) is 24.1 Å². The van der Waals surface area contributed by atoms with Crippen LogP contribution in [-0.2, 0) is 0 Å². The van der Waals surface area contributed by atoms with Crippen molar-refractivity contribution in [3.05, 3.63) is 0 Å². The molecule has 0 aromatic rings. The van der Waals surface area contributed by atoms with E-state index in [1.807, 2.05) is 0 Å². The maximum absolute atomic E-state index is 3.84. The van der Waals surface area contributed by atoms with Gasteiger partial charge in [-0.2, -0.15) is 0 Å². The predicted molar refractivity (Wildman–Crippen MR) is 85.9 cm³/mol. The lowest BCUT2D eigenvalue weighted by Crippen LogP contribution is -2.45. The second-order valence-electron chi connectivity index (χ2n) is 7.91. The molecule has 0 spiro atoms. The Morgan fingerprint density at radius 2 is 1.80 bits per heavy atom. The Kier molecular flexibility index (Phi) is 5.04. The standard InChI is InChI=1S/C18H34N2/c1-3-9-19-18-8-7-14(2)10-17(18)13-20-11-15-5-4-6-16(15)12-20/h14-19H,3-13H2,1-2H3. The highest BCUT2D eigenvalue weighted by molar-refractivity contribution is 4.92. The first kappa shape index (κ1) is 14.8. The second kappa shape index (κ2) is 6.79. The Hall–Kier alpha value is -0.0800. The van der Waals surface area contributed by atoms with Crippen LogP contribution >= 0.6 is 0 Å². The lowest BCUT2D eigenvalue weighted by molar-refractivity contribution is 0.155. The maximum atomic E-state index is 3.84. The molecule has 116 valence electrons. The van der Waals surface area contributed by atoms with E-state index in [4.69, 9.17) is 0 Å². The molecule has 1 heterocycles. The summed E-state index contributed by atoms with van der Waals surface area (Å²) in [5, 5.41) is 3.84. The van der Waals surface area contributed by atoms with Crippen LogP contribution in [0.4, 0.5) is 0 Å². The summed E-state index contributed by atoms with van der Waals surface area (Å²) in [7, 11) is 0. The van der Waals surface area contributed by atoms with Crippen LogP contribution in [0.1, 0.15) is 58.8 Å². The smallest absolute Gasteiger partial charge is 0.0108 e. The van der Waals surface area contributed by atoms with Gasteiger partial charge in [0.2, 0.25) is 0 Å². The lowest BCUT2D eigenvalue weighted by atomic mass is 9.78. The van der Waals surface area contributed by atoms with Gasteiger partial charge in [-0.1, -0.05) is 20.3 Å². The van der Waals surface area contributed by atoms with Crippen molar-refractivity contribution in [3.8, 4) is 0 Å². The predicted octanol–water partition coefficient (Wildman–Crippen LogP) is 3.52. The largest absolute Gasteiger partial charge is 0.314 e. The third-order valence-electron chi connectivity index (χ3n) is 6.20. The Morgan fingerprint density at radius 1 is 1.05 bits per heavy atom. The van der Waals surface area contributed by atoms with Crippen molar-refractivity contribution >= 4 is 0 Å². The lowest BCUT2D eigenvalue weighted by Gasteiger charge is -2.38. The number of rotatable bonds is 5. The second-order valence-corrected chi connectivity index (χ2v) is 7.91. The van der Waals surface area contributed by atoms with Gasteiger partial charge < -0.3 is 10.2 Å². The fourth-order valence-electron chi connectivity index (χ4n) is 5.11. The minimum absolute atomic E-state index is 0.798. The van der Waals surface area contributed by atoms with Crippen LogP contribution in [0, 0.1) is 23.7 Å². The molecule has 1 N–H and O–H groups in total. The van der Waals surface area contributed by atoms with Gasteiger partial charge in [-0.25, -0.2) is 0 Å². The van der Waals surface area contributed by atoms with Crippen molar-refractivity contribution in [3.63, 3.8) is 0 Å².